The zero-order valence-corrected chi connectivity index (χ0v) is 13.6. The van der Waals surface area contributed by atoms with Crippen LogP contribution in [0.25, 0.3) is 0 Å². The number of rotatable bonds is 4. The summed E-state index contributed by atoms with van der Waals surface area (Å²) in [6, 6.07) is 2.08. The van der Waals surface area contributed by atoms with Gasteiger partial charge in [-0.25, -0.2) is 0 Å². The Hall–Kier alpha value is -0.390. The zero-order valence-electron chi connectivity index (χ0n) is 11.2. The van der Waals surface area contributed by atoms with E-state index in [0.29, 0.717) is 6.04 Å². The fourth-order valence-corrected chi connectivity index (χ4v) is 4.24. The molecule has 0 bridgehead atoms. The van der Waals surface area contributed by atoms with Gasteiger partial charge in [0.05, 0.1) is 0 Å². The van der Waals surface area contributed by atoms with Crippen LogP contribution in [0.4, 0.5) is 0 Å². The van der Waals surface area contributed by atoms with Crippen LogP contribution in [0.15, 0.2) is 10.5 Å². The number of thiophene rings is 1. The molecule has 1 heterocycles. The van der Waals surface area contributed by atoms with Crippen LogP contribution in [0.2, 0.25) is 0 Å². The van der Waals surface area contributed by atoms with Crippen LogP contribution in [0.3, 0.4) is 0 Å². The summed E-state index contributed by atoms with van der Waals surface area (Å²) in [5.74, 6) is -0.280. The molecule has 0 radical (unpaired) electrons. The number of aryl methyl sites for hydroxylation is 1. The molecule has 1 amide bonds. The molecule has 3 nitrogen and oxygen atoms in total. The van der Waals surface area contributed by atoms with Crippen molar-refractivity contribution in [2.45, 2.75) is 57.5 Å². The van der Waals surface area contributed by atoms with Gasteiger partial charge < -0.3 is 5.73 Å². The monoisotopic (exact) mass is 344 g/mol. The van der Waals surface area contributed by atoms with Gasteiger partial charge in [0.1, 0.15) is 6.04 Å². The number of carbonyl (C=O) groups excluding carboxylic acids is 1. The van der Waals surface area contributed by atoms with Crippen molar-refractivity contribution in [2.24, 2.45) is 5.73 Å². The number of amides is 1. The number of hydrogen-bond acceptors (Lipinski definition) is 3. The van der Waals surface area contributed by atoms with Crippen LogP contribution in [-0.2, 0) is 4.79 Å². The molecule has 0 aromatic carbocycles. The summed E-state index contributed by atoms with van der Waals surface area (Å²) in [5, 5.41) is 3.47. The summed E-state index contributed by atoms with van der Waals surface area (Å²) in [7, 11) is 0. The van der Waals surface area contributed by atoms with Gasteiger partial charge >= 0.3 is 0 Å². The Morgan fingerprint density at radius 2 is 2.05 bits per heavy atom. The molecule has 106 valence electrons. The molecule has 1 aromatic rings. The van der Waals surface area contributed by atoms with Gasteiger partial charge in [-0.05, 0) is 41.8 Å². The lowest BCUT2D eigenvalue weighted by Crippen LogP contribution is -2.39. The van der Waals surface area contributed by atoms with E-state index >= 15 is 0 Å². The van der Waals surface area contributed by atoms with Crippen LogP contribution in [0.5, 0.6) is 0 Å². The molecule has 1 atom stereocenters. The van der Waals surface area contributed by atoms with Crippen molar-refractivity contribution in [1.29, 1.82) is 0 Å². The Morgan fingerprint density at radius 3 is 2.53 bits per heavy atom. The maximum Gasteiger partial charge on any atom is 0.240 e. The van der Waals surface area contributed by atoms with Gasteiger partial charge in [-0.1, -0.05) is 25.7 Å². The summed E-state index contributed by atoms with van der Waals surface area (Å²) in [5.41, 5.74) is 5.57. The summed E-state index contributed by atoms with van der Waals surface area (Å²) < 4.78 is 1.06. The molecule has 1 fully saturated rings. The second-order valence-corrected chi connectivity index (χ2v) is 7.39. The lowest BCUT2D eigenvalue weighted by Gasteiger charge is -2.22. The van der Waals surface area contributed by atoms with Crippen LogP contribution in [0.1, 0.15) is 54.3 Å². The molecule has 1 aromatic heterocycles. The minimum Gasteiger partial charge on any atom is -0.368 e. The highest BCUT2D eigenvalue weighted by Gasteiger charge is 2.24. The summed E-state index contributed by atoms with van der Waals surface area (Å²) in [4.78, 5) is 13.9. The fourth-order valence-electron chi connectivity index (χ4n) is 2.61. The van der Waals surface area contributed by atoms with Gasteiger partial charge in [-0.2, -0.15) is 0 Å². The van der Waals surface area contributed by atoms with E-state index in [1.165, 1.54) is 30.6 Å². The second-order valence-electron chi connectivity index (χ2n) is 5.24. The van der Waals surface area contributed by atoms with Crippen LogP contribution in [-0.4, -0.2) is 11.9 Å². The molecule has 2 rings (SSSR count). The van der Waals surface area contributed by atoms with Crippen LogP contribution < -0.4 is 11.1 Å². The summed E-state index contributed by atoms with van der Waals surface area (Å²) in [6.07, 6.45) is 7.41. The number of carbonyl (C=O) groups is 1. The highest BCUT2D eigenvalue weighted by Crippen LogP contribution is 2.31. The van der Waals surface area contributed by atoms with Gasteiger partial charge in [0.2, 0.25) is 5.91 Å². The molecule has 3 N–H and O–H groups in total. The minimum atomic E-state index is -0.349. The van der Waals surface area contributed by atoms with E-state index in [4.69, 9.17) is 5.73 Å². The normalized spacial score (nSPS) is 19.1. The summed E-state index contributed by atoms with van der Waals surface area (Å²) in [6.45, 7) is 2.04. The van der Waals surface area contributed by atoms with E-state index in [1.54, 1.807) is 11.3 Å². The standard InChI is InChI=1S/C14H21BrN2OS/c1-9-11(15)8-12(19-9)13(14(16)18)17-10-6-4-2-3-5-7-10/h8,10,13,17H,2-7H2,1H3,(H2,16,18). The molecular weight excluding hydrogens is 324 g/mol. The average Bonchev–Trinajstić information content (AvgIpc) is 2.58. The third-order valence-electron chi connectivity index (χ3n) is 3.70. The number of nitrogens with one attached hydrogen (secondary N) is 1. The Bertz CT molecular complexity index is 419. The smallest absolute Gasteiger partial charge is 0.240 e. The maximum atomic E-state index is 11.7. The van der Waals surface area contributed by atoms with Crippen molar-refractivity contribution in [3.05, 3.63) is 20.3 Å². The van der Waals surface area contributed by atoms with E-state index in [-0.39, 0.29) is 11.9 Å². The SMILES string of the molecule is Cc1sc(C(NC2CCCCCC2)C(N)=O)cc1Br. The van der Waals surface area contributed by atoms with Crippen molar-refractivity contribution in [3.8, 4) is 0 Å². The molecule has 1 aliphatic rings. The van der Waals surface area contributed by atoms with Crippen molar-refractivity contribution >= 4 is 33.2 Å². The Kier molecular flexibility index (Phi) is 5.42. The van der Waals surface area contributed by atoms with Crippen LogP contribution >= 0.6 is 27.3 Å². The Balaban J connectivity index is 2.09. The van der Waals surface area contributed by atoms with Crippen molar-refractivity contribution in [3.63, 3.8) is 0 Å². The first-order valence-corrected chi connectivity index (χ1v) is 8.50. The van der Waals surface area contributed by atoms with Gasteiger partial charge in [-0.3, -0.25) is 10.1 Å². The molecule has 1 unspecified atom stereocenters. The Labute approximate surface area is 127 Å². The van der Waals surface area contributed by atoms with E-state index in [9.17, 15) is 4.79 Å². The zero-order chi connectivity index (χ0) is 13.8. The molecule has 0 aliphatic heterocycles. The largest absolute Gasteiger partial charge is 0.368 e. The molecule has 1 aliphatic carbocycles. The van der Waals surface area contributed by atoms with E-state index in [0.717, 1.165) is 22.2 Å². The third-order valence-corrected chi connectivity index (χ3v) is 5.90. The number of halogens is 1. The van der Waals surface area contributed by atoms with Crippen molar-refractivity contribution in [1.82, 2.24) is 5.32 Å². The first-order valence-electron chi connectivity index (χ1n) is 6.89. The third kappa shape index (κ3) is 4.04. The summed E-state index contributed by atoms with van der Waals surface area (Å²) >= 11 is 5.14. The minimum absolute atomic E-state index is 0.280. The number of primary amides is 1. The average molecular weight is 345 g/mol. The second kappa shape index (κ2) is 6.86. The van der Waals surface area contributed by atoms with E-state index in [1.807, 2.05) is 13.0 Å². The predicted octanol–water partition coefficient (Wildman–Crippen LogP) is 3.66. The first kappa shape index (κ1) is 15.0. The lowest BCUT2D eigenvalue weighted by molar-refractivity contribution is -0.120. The molecule has 5 heteroatoms. The van der Waals surface area contributed by atoms with Crippen LogP contribution in [0, 0.1) is 6.92 Å². The molecule has 19 heavy (non-hydrogen) atoms. The quantitative estimate of drug-likeness (QED) is 0.819. The molecule has 1 saturated carbocycles. The topological polar surface area (TPSA) is 55.1 Å². The first-order chi connectivity index (χ1) is 9.08. The lowest BCUT2D eigenvalue weighted by atomic mass is 10.1. The van der Waals surface area contributed by atoms with E-state index in [2.05, 4.69) is 21.2 Å². The highest BCUT2D eigenvalue weighted by atomic mass is 79.9. The van der Waals surface area contributed by atoms with Gasteiger partial charge in [0.25, 0.3) is 0 Å². The Morgan fingerprint density at radius 1 is 1.42 bits per heavy atom. The van der Waals surface area contributed by atoms with E-state index < -0.39 is 0 Å². The van der Waals surface area contributed by atoms with Gasteiger partial charge in [0.15, 0.2) is 0 Å². The maximum absolute atomic E-state index is 11.7. The molecule has 0 spiro atoms. The molecular formula is C14H21BrN2OS. The molecule has 0 saturated heterocycles. The van der Waals surface area contributed by atoms with Gasteiger partial charge in [-0.15, -0.1) is 11.3 Å². The van der Waals surface area contributed by atoms with Crippen molar-refractivity contribution in [2.75, 3.05) is 0 Å². The number of hydrogen-bond donors (Lipinski definition) is 2. The fraction of sp³-hybridized carbons (Fsp3) is 0.643. The van der Waals surface area contributed by atoms with Crippen molar-refractivity contribution < 1.29 is 4.79 Å². The van der Waals surface area contributed by atoms with Gasteiger partial charge in [0, 0.05) is 20.3 Å². The predicted molar refractivity (Wildman–Crippen MR) is 83.3 cm³/mol. The number of nitrogens with two attached hydrogens (primary N) is 1. The highest BCUT2D eigenvalue weighted by molar-refractivity contribution is 9.10.